The number of halogens is 3. The van der Waals surface area contributed by atoms with Crippen molar-refractivity contribution in [3.63, 3.8) is 0 Å². The van der Waals surface area contributed by atoms with Crippen LogP contribution in [0.5, 0.6) is 5.75 Å². The summed E-state index contributed by atoms with van der Waals surface area (Å²) in [5.41, 5.74) is 2.80. The third-order valence-corrected chi connectivity index (χ3v) is 9.60. The molecule has 44 heavy (non-hydrogen) atoms. The predicted molar refractivity (Wildman–Crippen MR) is 169 cm³/mol. The molecule has 3 N–H and O–H groups in total. The monoisotopic (exact) mass is 628 g/mol. The van der Waals surface area contributed by atoms with Crippen molar-refractivity contribution in [3.8, 4) is 17.6 Å². The molecular weight excluding hydrogens is 589 g/mol. The molecule has 1 aliphatic carbocycles. The third-order valence-electron chi connectivity index (χ3n) is 8.87. The highest BCUT2D eigenvalue weighted by Gasteiger charge is 2.50. The Bertz CT molecular complexity index is 1510. The lowest BCUT2D eigenvalue weighted by molar-refractivity contribution is -0.200. The van der Waals surface area contributed by atoms with Crippen molar-refractivity contribution in [2.24, 2.45) is 5.41 Å². The van der Waals surface area contributed by atoms with E-state index in [1.54, 1.807) is 23.9 Å². The maximum absolute atomic E-state index is 13.7. The number of aliphatic hydroxyl groups excluding tert-OH is 1. The Labute approximate surface area is 260 Å². The van der Waals surface area contributed by atoms with E-state index >= 15 is 0 Å². The second kappa shape index (κ2) is 13.1. The van der Waals surface area contributed by atoms with Gasteiger partial charge in [0.25, 0.3) is 0 Å². The molecule has 6 rings (SSSR count). The van der Waals surface area contributed by atoms with Crippen molar-refractivity contribution in [1.29, 1.82) is 0 Å². The highest BCUT2D eigenvalue weighted by atomic mass is 32.2. The van der Waals surface area contributed by atoms with Crippen molar-refractivity contribution in [2.75, 3.05) is 63.0 Å². The first-order valence-corrected chi connectivity index (χ1v) is 16.4. The molecule has 2 saturated heterocycles. The molecule has 1 spiro atoms. The Kier molecular flexibility index (Phi) is 9.24. The Balaban J connectivity index is 1.15. The maximum Gasteiger partial charge on any atom is 0.406 e. The summed E-state index contributed by atoms with van der Waals surface area (Å²) in [4.78, 5) is 3.61. The largest absolute Gasteiger partial charge is 0.489 e. The summed E-state index contributed by atoms with van der Waals surface area (Å²) in [5, 5.41) is 16.8. The van der Waals surface area contributed by atoms with Crippen LogP contribution in [0.1, 0.15) is 31.4 Å². The molecular formula is C33H39F3N4O3S. The van der Waals surface area contributed by atoms with Crippen LogP contribution >= 0.6 is 11.8 Å². The lowest BCUT2D eigenvalue weighted by Gasteiger charge is -2.58. The Morgan fingerprint density at radius 1 is 1.09 bits per heavy atom. The van der Waals surface area contributed by atoms with Gasteiger partial charge in [-0.1, -0.05) is 12.0 Å². The normalized spacial score (nSPS) is 21.3. The standard InChI is InChI=1S/C33H39F3N4O3S/c1-44-26-11-12-29(31(17-26)43-15-14-41)37-13-3-4-25-16-27-28(5-2-6-30(27)40(25)20-33(34,35)36)38-23-7-9-24(10-8-23)39-18-32(19-39)21-42-22-32/h2,5-6,11-12,16-17,23-24,37-38,41H,7-10,13-15,18-22H2,1H3. The molecule has 0 atom stereocenters. The number of likely N-dealkylation sites (tertiary alicyclic amines) is 1. The average Bonchev–Trinajstić information content (AvgIpc) is 3.30. The molecule has 3 heterocycles. The minimum Gasteiger partial charge on any atom is -0.489 e. The van der Waals surface area contributed by atoms with Crippen LogP contribution in [0.15, 0.2) is 47.4 Å². The summed E-state index contributed by atoms with van der Waals surface area (Å²) in [5.74, 6) is 6.57. The SMILES string of the molecule is CSc1ccc(NCC#Cc2cc3c(NC4CCC(N5CC6(COC6)C5)CC4)cccc3n2CC(F)(F)F)c(OCCO)c1. The molecule has 0 radical (unpaired) electrons. The van der Waals surface area contributed by atoms with E-state index in [1.165, 1.54) is 4.57 Å². The number of benzene rings is 2. The molecule has 2 aromatic carbocycles. The lowest BCUT2D eigenvalue weighted by atomic mass is 9.75. The Hall–Kier alpha value is -3.04. The third kappa shape index (κ3) is 6.94. The van der Waals surface area contributed by atoms with Gasteiger partial charge in [0.2, 0.25) is 0 Å². The summed E-state index contributed by atoms with van der Waals surface area (Å²) >= 11 is 1.57. The number of hydrogen-bond donors (Lipinski definition) is 3. The number of nitrogens with zero attached hydrogens (tertiary/aromatic N) is 2. The first-order valence-electron chi connectivity index (χ1n) is 15.2. The van der Waals surface area contributed by atoms with E-state index in [9.17, 15) is 13.2 Å². The molecule has 11 heteroatoms. The van der Waals surface area contributed by atoms with Gasteiger partial charge < -0.3 is 29.8 Å². The second-order valence-corrected chi connectivity index (χ2v) is 13.0. The van der Waals surface area contributed by atoms with Gasteiger partial charge >= 0.3 is 6.18 Å². The summed E-state index contributed by atoms with van der Waals surface area (Å²) in [7, 11) is 0. The van der Waals surface area contributed by atoms with Crippen LogP contribution in [0.4, 0.5) is 24.5 Å². The minimum atomic E-state index is -4.39. The van der Waals surface area contributed by atoms with Crippen LogP contribution in [-0.2, 0) is 11.3 Å². The summed E-state index contributed by atoms with van der Waals surface area (Å²) in [6.45, 7) is 3.22. The molecule has 3 aliphatic rings. The van der Waals surface area contributed by atoms with Crippen LogP contribution in [0.25, 0.3) is 10.9 Å². The second-order valence-electron chi connectivity index (χ2n) is 12.1. The van der Waals surface area contributed by atoms with Gasteiger partial charge in [0.1, 0.15) is 18.9 Å². The van der Waals surface area contributed by atoms with Crippen LogP contribution in [0.3, 0.4) is 0 Å². The fourth-order valence-electron chi connectivity index (χ4n) is 6.64. The van der Waals surface area contributed by atoms with Gasteiger partial charge in [-0.05, 0) is 74.3 Å². The van der Waals surface area contributed by atoms with E-state index < -0.39 is 12.7 Å². The quantitative estimate of drug-likeness (QED) is 0.193. The smallest absolute Gasteiger partial charge is 0.406 e. The highest BCUT2D eigenvalue weighted by Crippen LogP contribution is 2.41. The molecule has 0 unspecified atom stereocenters. The summed E-state index contributed by atoms with van der Waals surface area (Å²) in [6, 6.07) is 13.8. The number of fused-ring (bicyclic) bond motifs is 1. The predicted octanol–water partition coefficient (Wildman–Crippen LogP) is 5.82. The topological polar surface area (TPSA) is 70.9 Å². The van der Waals surface area contributed by atoms with E-state index in [0.717, 1.165) is 68.0 Å². The number of nitrogens with one attached hydrogen (secondary N) is 2. The zero-order chi connectivity index (χ0) is 30.7. The van der Waals surface area contributed by atoms with Gasteiger partial charge in [-0.3, -0.25) is 4.90 Å². The van der Waals surface area contributed by atoms with E-state index in [4.69, 9.17) is 14.6 Å². The van der Waals surface area contributed by atoms with Gasteiger partial charge in [0, 0.05) is 46.6 Å². The van der Waals surface area contributed by atoms with Gasteiger partial charge in [-0.2, -0.15) is 13.2 Å². The van der Waals surface area contributed by atoms with E-state index in [-0.39, 0.29) is 25.8 Å². The fraction of sp³-hybridized carbons (Fsp3) is 0.515. The molecule has 0 bridgehead atoms. The lowest BCUT2D eigenvalue weighted by Crippen LogP contribution is -2.68. The fourth-order valence-corrected chi connectivity index (χ4v) is 7.07. The minimum absolute atomic E-state index is 0.111. The van der Waals surface area contributed by atoms with Crippen LogP contribution in [0, 0.1) is 17.3 Å². The number of aliphatic hydroxyl groups is 1. The highest BCUT2D eigenvalue weighted by molar-refractivity contribution is 7.98. The first-order chi connectivity index (χ1) is 21.3. The molecule has 3 aromatic rings. The first kappa shape index (κ1) is 31.0. The van der Waals surface area contributed by atoms with E-state index in [2.05, 4.69) is 27.4 Å². The zero-order valence-electron chi connectivity index (χ0n) is 24.9. The molecule has 2 aliphatic heterocycles. The summed E-state index contributed by atoms with van der Waals surface area (Å²) in [6.07, 6.45) is 1.88. The zero-order valence-corrected chi connectivity index (χ0v) is 25.7. The Morgan fingerprint density at radius 3 is 2.57 bits per heavy atom. The van der Waals surface area contributed by atoms with Gasteiger partial charge in [0.15, 0.2) is 0 Å². The van der Waals surface area contributed by atoms with Crippen molar-refractivity contribution < 1.29 is 27.8 Å². The number of thioether (sulfide) groups is 1. The molecule has 236 valence electrons. The number of anilines is 2. The van der Waals surface area contributed by atoms with Crippen LogP contribution < -0.4 is 15.4 Å². The summed E-state index contributed by atoms with van der Waals surface area (Å²) < 4.78 is 53.4. The molecule has 1 saturated carbocycles. The number of rotatable bonds is 10. The van der Waals surface area contributed by atoms with Crippen molar-refractivity contribution in [1.82, 2.24) is 9.47 Å². The van der Waals surface area contributed by atoms with E-state index in [0.29, 0.717) is 34.1 Å². The van der Waals surface area contributed by atoms with E-state index in [1.807, 2.05) is 36.6 Å². The van der Waals surface area contributed by atoms with Crippen LogP contribution in [-0.4, -0.2) is 85.2 Å². The molecule has 0 amide bonds. The van der Waals surface area contributed by atoms with Gasteiger partial charge in [-0.25, -0.2) is 0 Å². The van der Waals surface area contributed by atoms with Crippen LogP contribution in [0.2, 0.25) is 0 Å². The van der Waals surface area contributed by atoms with Crippen molar-refractivity contribution in [3.05, 3.63) is 48.2 Å². The number of hydrogen-bond acceptors (Lipinski definition) is 7. The van der Waals surface area contributed by atoms with Gasteiger partial charge in [-0.15, -0.1) is 11.8 Å². The van der Waals surface area contributed by atoms with Gasteiger partial charge in [0.05, 0.1) is 43.3 Å². The van der Waals surface area contributed by atoms with Crippen molar-refractivity contribution in [2.45, 2.75) is 55.4 Å². The molecule has 1 aromatic heterocycles. The maximum atomic E-state index is 13.7. The molecule has 7 nitrogen and oxygen atoms in total. The molecule has 3 fully saturated rings. The number of aromatic nitrogens is 1. The number of alkyl halides is 3. The van der Waals surface area contributed by atoms with Crippen molar-refractivity contribution >= 4 is 34.0 Å². The average molecular weight is 629 g/mol. The number of ether oxygens (including phenoxy) is 2. The Morgan fingerprint density at radius 2 is 1.89 bits per heavy atom.